The first kappa shape index (κ1) is 26.2. The van der Waals surface area contributed by atoms with Crippen LogP contribution in [0.25, 0.3) is 0 Å². The molecule has 1 rings (SSSR count). The van der Waals surface area contributed by atoms with Crippen LogP contribution in [0.4, 0.5) is 5.69 Å². The van der Waals surface area contributed by atoms with Crippen molar-refractivity contribution in [3.8, 4) is 0 Å². The first-order valence-corrected chi connectivity index (χ1v) is 11.8. The normalized spacial score (nSPS) is 10.7. The Morgan fingerprint density at radius 3 is 1.93 bits per heavy atom. The minimum Gasteiger partial charge on any atom is -0.385 e. The van der Waals surface area contributed by atoms with Gasteiger partial charge in [-0.15, -0.1) is 0 Å². The van der Waals surface area contributed by atoms with E-state index in [-0.39, 0.29) is 11.8 Å². The van der Waals surface area contributed by atoms with Crippen LogP contribution in [0, 0.1) is 0 Å². The zero-order valence-corrected chi connectivity index (χ0v) is 19.1. The van der Waals surface area contributed by atoms with E-state index < -0.39 is 0 Å². The molecular formula is C25H42N2O3. The number of ether oxygens (including phenoxy) is 1. The molecule has 0 atom stereocenters. The van der Waals surface area contributed by atoms with Gasteiger partial charge in [0.2, 0.25) is 5.91 Å². The lowest BCUT2D eigenvalue weighted by Gasteiger charge is -2.08. The van der Waals surface area contributed by atoms with E-state index in [0.717, 1.165) is 24.9 Å². The van der Waals surface area contributed by atoms with Crippen molar-refractivity contribution in [3.63, 3.8) is 0 Å². The maximum Gasteiger partial charge on any atom is 0.251 e. The lowest BCUT2D eigenvalue weighted by Crippen LogP contribution is -2.25. The molecule has 0 aliphatic rings. The van der Waals surface area contributed by atoms with E-state index in [1.807, 2.05) is 0 Å². The monoisotopic (exact) mass is 418 g/mol. The molecule has 2 amide bonds. The number of carbonyl (C=O) groups excluding carboxylic acids is 2. The van der Waals surface area contributed by atoms with E-state index in [2.05, 4.69) is 17.6 Å². The van der Waals surface area contributed by atoms with Crippen LogP contribution < -0.4 is 10.6 Å². The molecule has 0 aromatic heterocycles. The van der Waals surface area contributed by atoms with Crippen molar-refractivity contribution in [2.24, 2.45) is 0 Å². The van der Waals surface area contributed by atoms with Crippen LogP contribution in [-0.4, -0.2) is 32.1 Å². The number of benzene rings is 1. The van der Waals surface area contributed by atoms with Crippen LogP contribution in [0.5, 0.6) is 0 Å². The zero-order valence-electron chi connectivity index (χ0n) is 19.1. The molecule has 5 nitrogen and oxygen atoms in total. The van der Waals surface area contributed by atoms with Crippen LogP contribution in [-0.2, 0) is 9.53 Å². The first-order chi connectivity index (χ1) is 14.7. The number of anilines is 1. The minimum atomic E-state index is -0.107. The third-order valence-electron chi connectivity index (χ3n) is 5.25. The van der Waals surface area contributed by atoms with Crippen molar-refractivity contribution >= 4 is 17.5 Å². The molecule has 30 heavy (non-hydrogen) atoms. The Balaban J connectivity index is 2.08. The number of hydrogen-bond donors (Lipinski definition) is 2. The lowest BCUT2D eigenvalue weighted by molar-refractivity contribution is -0.116. The Morgan fingerprint density at radius 1 is 0.800 bits per heavy atom. The van der Waals surface area contributed by atoms with Gasteiger partial charge < -0.3 is 15.4 Å². The van der Waals surface area contributed by atoms with Gasteiger partial charge in [0.1, 0.15) is 0 Å². The van der Waals surface area contributed by atoms with Gasteiger partial charge >= 0.3 is 0 Å². The predicted molar refractivity (Wildman–Crippen MR) is 125 cm³/mol. The van der Waals surface area contributed by atoms with Crippen LogP contribution in [0.3, 0.4) is 0 Å². The summed E-state index contributed by atoms with van der Waals surface area (Å²) in [5.74, 6) is -0.0624. The van der Waals surface area contributed by atoms with Gasteiger partial charge in [-0.05, 0) is 37.1 Å². The van der Waals surface area contributed by atoms with Gasteiger partial charge in [0, 0.05) is 37.9 Å². The van der Waals surface area contributed by atoms with Crippen molar-refractivity contribution < 1.29 is 14.3 Å². The third kappa shape index (κ3) is 13.4. The number of hydrogen-bond acceptors (Lipinski definition) is 3. The highest BCUT2D eigenvalue weighted by atomic mass is 16.5. The van der Waals surface area contributed by atoms with E-state index in [9.17, 15) is 9.59 Å². The molecule has 1 aromatic rings. The SMILES string of the molecule is CCCCCCCCCCCCCC(=O)Nc1ccc(C(=O)NCCCOC)cc1. The second-order valence-corrected chi connectivity index (χ2v) is 8.01. The molecule has 0 radical (unpaired) electrons. The van der Waals surface area contributed by atoms with Crippen molar-refractivity contribution in [2.75, 3.05) is 25.6 Å². The van der Waals surface area contributed by atoms with Gasteiger partial charge in [-0.3, -0.25) is 9.59 Å². The Hall–Kier alpha value is -1.88. The van der Waals surface area contributed by atoms with Gasteiger partial charge in [-0.2, -0.15) is 0 Å². The predicted octanol–water partition coefficient (Wildman–Crippen LogP) is 6.09. The fourth-order valence-corrected chi connectivity index (χ4v) is 3.40. The summed E-state index contributed by atoms with van der Waals surface area (Å²) in [6, 6.07) is 7.04. The second-order valence-electron chi connectivity index (χ2n) is 8.01. The molecule has 0 saturated carbocycles. The molecule has 2 N–H and O–H groups in total. The van der Waals surface area contributed by atoms with Crippen molar-refractivity contribution in [2.45, 2.75) is 90.4 Å². The van der Waals surface area contributed by atoms with E-state index in [1.165, 1.54) is 57.8 Å². The molecule has 5 heteroatoms. The summed E-state index contributed by atoms with van der Waals surface area (Å²) in [6.07, 6.45) is 15.4. The van der Waals surface area contributed by atoms with Crippen molar-refractivity contribution in [1.29, 1.82) is 0 Å². The summed E-state index contributed by atoms with van der Waals surface area (Å²) in [7, 11) is 1.64. The van der Waals surface area contributed by atoms with Crippen LogP contribution in [0.2, 0.25) is 0 Å². The smallest absolute Gasteiger partial charge is 0.251 e. The highest BCUT2D eigenvalue weighted by molar-refractivity contribution is 5.95. The number of nitrogens with one attached hydrogen (secondary N) is 2. The maximum absolute atomic E-state index is 12.1. The van der Waals surface area contributed by atoms with Gasteiger partial charge in [0.15, 0.2) is 0 Å². The molecule has 0 spiro atoms. The summed E-state index contributed by atoms with van der Waals surface area (Å²) in [4.78, 5) is 24.1. The van der Waals surface area contributed by atoms with Crippen molar-refractivity contribution in [3.05, 3.63) is 29.8 Å². The summed E-state index contributed by atoms with van der Waals surface area (Å²) in [5, 5.41) is 5.77. The first-order valence-electron chi connectivity index (χ1n) is 11.8. The molecule has 0 unspecified atom stereocenters. The Kier molecular flexibility index (Phi) is 15.6. The highest BCUT2D eigenvalue weighted by Gasteiger charge is 2.06. The number of amides is 2. The van der Waals surface area contributed by atoms with Gasteiger partial charge in [-0.25, -0.2) is 0 Å². The average molecular weight is 419 g/mol. The molecule has 0 bridgehead atoms. The molecule has 0 saturated heterocycles. The molecule has 170 valence electrons. The topological polar surface area (TPSA) is 67.4 Å². The Morgan fingerprint density at radius 2 is 1.37 bits per heavy atom. The van der Waals surface area contributed by atoms with E-state index in [4.69, 9.17) is 4.74 Å². The van der Waals surface area contributed by atoms with Crippen LogP contribution in [0.1, 0.15) is 101 Å². The maximum atomic E-state index is 12.1. The van der Waals surface area contributed by atoms with Crippen LogP contribution >= 0.6 is 0 Å². The largest absolute Gasteiger partial charge is 0.385 e. The molecule has 1 aromatic carbocycles. The average Bonchev–Trinajstić information content (AvgIpc) is 2.75. The van der Waals surface area contributed by atoms with Crippen molar-refractivity contribution in [1.82, 2.24) is 5.32 Å². The fourth-order valence-electron chi connectivity index (χ4n) is 3.40. The lowest BCUT2D eigenvalue weighted by atomic mass is 10.1. The van der Waals surface area contributed by atoms with Gasteiger partial charge in [0.25, 0.3) is 5.91 Å². The molecular weight excluding hydrogens is 376 g/mol. The number of rotatable bonds is 18. The Labute approximate surface area is 183 Å². The Bertz CT molecular complexity index is 572. The highest BCUT2D eigenvalue weighted by Crippen LogP contribution is 2.13. The van der Waals surface area contributed by atoms with Gasteiger partial charge in [0.05, 0.1) is 0 Å². The van der Waals surface area contributed by atoms with Gasteiger partial charge in [-0.1, -0.05) is 71.1 Å². The molecule has 0 aliphatic heterocycles. The zero-order chi connectivity index (χ0) is 21.9. The second kappa shape index (κ2) is 17.9. The number of unbranched alkanes of at least 4 members (excludes halogenated alkanes) is 10. The summed E-state index contributed by atoms with van der Waals surface area (Å²) < 4.78 is 4.96. The molecule has 0 fully saturated rings. The quantitative estimate of drug-likeness (QED) is 0.283. The summed E-state index contributed by atoms with van der Waals surface area (Å²) in [6.45, 7) is 3.47. The van der Waals surface area contributed by atoms with E-state index in [0.29, 0.717) is 25.1 Å². The van der Waals surface area contributed by atoms with E-state index in [1.54, 1.807) is 31.4 Å². The third-order valence-corrected chi connectivity index (χ3v) is 5.25. The van der Waals surface area contributed by atoms with Crippen LogP contribution in [0.15, 0.2) is 24.3 Å². The summed E-state index contributed by atoms with van der Waals surface area (Å²) >= 11 is 0. The molecule has 0 heterocycles. The standard InChI is InChI=1S/C25H42N2O3/c1-3-4-5-6-7-8-9-10-11-12-13-15-24(28)27-23-18-16-22(17-19-23)25(29)26-20-14-21-30-2/h16-19H,3-15,20-21H2,1-2H3,(H,26,29)(H,27,28). The number of methoxy groups -OCH3 is 1. The summed E-state index contributed by atoms with van der Waals surface area (Å²) in [5.41, 5.74) is 1.33. The van der Waals surface area contributed by atoms with E-state index >= 15 is 0 Å². The minimum absolute atomic E-state index is 0.0442. The number of carbonyl (C=O) groups is 2. The molecule has 0 aliphatic carbocycles. The fraction of sp³-hybridized carbons (Fsp3) is 0.680.